The summed E-state index contributed by atoms with van der Waals surface area (Å²) >= 11 is 0. The average Bonchev–Trinajstić information content (AvgIpc) is 3.17. The van der Waals surface area contributed by atoms with Gasteiger partial charge in [0.15, 0.2) is 17.3 Å². The summed E-state index contributed by atoms with van der Waals surface area (Å²) in [4.78, 5) is 17.5. The number of carbonyl (C=O) groups is 1. The monoisotopic (exact) mass is 410 g/mol. The third-order valence-corrected chi connectivity index (χ3v) is 4.54. The predicted octanol–water partition coefficient (Wildman–Crippen LogP) is 3.84. The van der Waals surface area contributed by atoms with Crippen LogP contribution in [0.5, 0.6) is 17.2 Å². The van der Waals surface area contributed by atoms with Crippen molar-refractivity contribution in [2.75, 3.05) is 26.6 Å². The van der Waals surface area contributed by atoms with Gasteiger partial charge in [0.25, 0.3) is 5.91 Å². The van der Waals surface area contributed by atoms with Crippen LogP contribution in [0.2, 0.25) is 0 Å². The molecule has 1 aromatic carbocycles. The summed E-state index contributed by atoms with van der Waals surface area (Å²) in [5.41, 5.74) is 0.921. The Kier molecular flexibility index (Phi) is 5.96. The number of hydrogen-bond donors (Lipinski definition) is 1. The molecule has 0 aliphatic rings. The van der Waals surface area contributed by atoms with E-state index < -0.39 is 0 Å². The zero-order chi connectivity index (χ0) is 21.9. The minimum Gasteiger partial charge on any atom is -0.496 e. The van der Waals surface area contributed by atoms with Crippen LogP contribution in [0.15, 0.2) is 42.6 Å². The van der Waals surface area contributed by atoms with Gasteiger partial charge in [-0.3, -0.25) is 4.79 Å². The fourth-order valence-electron chi connectivity index (χ4n) is 2.88. The number of ether oxygens (including phenoxy) is 3. The van der Waals surface area contributed by atoms with Crippen LogP contribution >= 0.6 is 0 Å². The second kappa shape index (κ2) is 8.44. The third-order valence-electron chi connectivity index (χ3n) is 4.54. The molecule has 8 nitrogen and oxygen atoms in total. The summed E-state index contributed by atoms with van der Waals surface area (Å²) in [7, 11) is 4.53. The maximum absolute atomic E-state index is 13.2. The van der Waals surface area contributed by atoms with Gasteiger partial charge in [0.05, 0.1) is 32.6 Å². The van der Waals surface area contributed by atoms with Gasteiger partial charge in [-0.1, -0.05) is 26.8 Å². The van der Waals surface area contributed by atoms with Crippen molar-refractivity contribution in [3.63, 3.8) is 0 Å². The van der Waals surface area contributed by atoms with Crippen LogP contribution in [0.4, 0.5) is 5.82 Å². The van der Waals surface area contributed by atoms with Gasteiger partial charge in [0.2, 0.25) is 0 Å². The summed E-state index contributed by atoms with van der Waals surface area (Å²) in [6.07, 6.45) is 1.68. The van der Waals surface area contributed by atoms with E-state index in [1.54, 1.807) is 23.0 Å². The maximum Gasteiger partial charge on any atom is 0.260 e. The van der Waals surface area contributed by atoms with Crippen molar-refractivity contribution in [3.8, 4) is 23.1 Å². The van der Waals surface area contributed by atoms with Crippen molar-refractivity contribution in [2.45, 2.75) is 26.2 Å². The number of rotatable bonds is 6. The summed E-state index contributed by atoms with van der Waals surface area (Å²) in [5.74, 6) is 2.00. The van der Waals surface area contributed by atoms with Crippen LogP contribution in [0.25, 0.3) is 5.82 Å². The van der Waals surface area contributed by atoms with E-state index in [0.29, 0.717) is 34.4 Å². The summed E-state index contributed by atoms with van der Waals surface area (Å²) in [5, 5.41) is 7.59. The Labute approximate surface area is 175 Å². The first-order valence-electron chi connectivity index (χ1n) is 9.41. The Bertz CT molecular complexity index is 1040. The molecule has 8 heteroatoms. The molecule has 0 fully saturated rings. The second-order valence-corrected chi connectivity index (χ2v) is 7.63. The smallest absolute Gasteiger partial charge is 0.260 e. The number of carbonyl (C=O) groups excluding carboxylic acids is 1. The first-order chi connectivity index (χ1) is 14.3. The molecule has 0 bridgehead atoms. The molecule has 0 aliphatic carbocycles. The lowest BCUT2D eigenvalue weighted by Gasteiger charge is -2.14. The highest BCUT2D eigenvalue weighted by Gasteiger charge is 2.24. The number of benzene rings is 1. The van der Waals surface area contributed by atoms with Crippen LogP contribution in [-0.4, -0.2) is 42.0 Å². The van der Waals surface area contributed by atoms with Gasteiger partial charge in [0, 0.05) is 29.8 Å². The van der Waals surface area contributed by atoms with Gasteiger partial charge in [0.1, 0.15) is 11.6 Å². The van der Waals surface area contributed by atoms with E-state index in [1.165, 1.54) is 21.3 Å². The number of anilines is 1. The van der Waals surface area contributed by atoms with Crippen molar-refractivity contribution in [1.29, 1.82) is 0 Å². The predicted molar refractivity (Wildman–Crippen MR) is 114 cm³/mol. The highest BCUT2D eigenvalue weighted by molar-refractivity contribution is 6.06. The molecule has 0 spiro atoms. The van der Waals surface area contributed by atoms with Gasteiger partial charge >= 0.3 is 0 Å². The minimum absolute atomic E-state index is 0.208. The maximum atomic E-state index is 13.2. The Morgan fingerprint density at radius 1 is 0.967 bits per heavy atom. The van der Waals surface area contributed by atoms with Crippen molar-refractivity contribution in [2.24, 2.45) is 0 Å². The Morgan fingerprint density at radius 2 is 1.63 bits per heavy atom. The van der Waals surface area contributed by atoms with Gasteiger partial charge in [-0.25, -0.2) is 4.98 Å². The molecule has 30 heavy (non-hydrogen) atoms. The van der Waals surface area contributed by atoms with E-state index in [-0.39, 0.29) is 11.3 Å². The summed E-state index contributed by atoms with van der Waals surface area (Å²) in [6.45, 7) is 6.17. The normalized spacial score (nSPS) is 11.1. The molecule has 2 heterocycles. The Morgan fingerprint density at radius 3 is 2.20 bits per heavy atom. The van der Waals surface area contributed by atoms with Crippen LogP contribution < -0.4 is 19.5 Å². The fraction of sp³-hybridized carbons (Fsp3) is 0.318. The number of amides is 1. The van der Waals surface area contributed by atoms with Crippen molar-refractivity contribution in [3.05, 3.63) is 53.9 Å². The van der Waals surface area contributed by atoms with Gasteiger partial charge in [-0.15, -0.1) is 0 Å². The molecule has 0 radical (unpaired) electrons. The average molecular weight is 410 g/mol. The van der Waals surface area contributed by atoms with E-state index in [1.807, 2.05) is 24.3 Å². The Balaban J connectivity index is 2.04. The number of nitrogens with zero attached hydrogens (tertiary/aromatic N) is 3. The molecule has 0 saturated carbocycles. The first kappa shape index (κ1) is 21.2. The fourth-order valence-corrected chi connectivity index (χ4v) is 2.88. The molecule has 3 rings (SSSR count). The molecule has 3 aromatic rings. The van der Waals surface area contributed by atoms with Gasteiger partial charge in [-0.05, 0) is 12.1 Å². The van der Waals surface area contributed by atoms with Crippen molar-refractivity contribution >= 4 is 11.7 Å². The van der Waals surface area contributed by atoms with Gasteiger partial charge < -0.3 is 19.5 Å². The van der Waals surface area contributed by atoms with E-state index in [2.05, 4.69) is 36.2 Å². The molecule has 0 atom stereocenters. The summed E-state index contributed by atoms with van der Waals surface area (Å²) < 4.78 is 17.6. The zero-order valence-corrected chi connectivity index (χ0v) is 18.0. The molecule has 0 unspecified atom stereocenters. The molecule has 2 aromatic heterocycles. The molecule has 1 amide bonds. The quantitative estimate of drug-likeness (QED) is 0.664. The molecular formula is C22H26N4O4. The lowest BCUT2D eigenvalue weighted by Crippen LogP contribution is -2.17. The third kappa shape index (κ3) is 4.22. The number of methoxy groups -OCH3 is 3. The summed E-state index contributed by atoms with van der Waals surface area (Å²) in [6, 6.07) is 10.6. The molecular weight excluding hydrogens is 384 g/mol. The van der Waals surface area contributed by atoms with E-state index in [0.717, 1.165) is 5.69 Å². The number of pyridine rings is 1. The highest BCUT2D eigenvalue weighted by Crippen LogP contribution is 2.35. The van der Waals surface area contributed by atoms with Crippen LogP contribution in [0, 0.1) is 0 Å². The zero-order valence-electron chi connectivity index (χ0n) is 18.0. The lowest BCUT2D eigenvalue weighted by molar-refractivity contribution is 0.102. The lowest BCUT2D eigenvalue weighted by atomic mass is 9.92. The van der Waals surface area contributed by atoms with Crippen LogP contribution in [0.3, 0.4) is 0 Å². The molecule has 158 valence electrons. The number of aromatic nitrogens is 3. The largest absolute Gasteiger partial charge is 0.496 e. The topological polar surface area (TPSA) is 87.5 Å². The first-order valence-corrected chi connectivity index (χ1v) is 9.41. The van der Waals surface area contributed by atoms with Crippen LogP contribution in [-0.2, 0) is 5.41 Å². The van der Waals surface area contributed by atoms with E-state index >= 15 is 0 Å². The number of hydrogen-bond acceptors (Lipinski definition) is 6. The minimum atomic E-state index is -0.370. The van der Waals surface area contributed by atoms with Gasteiger partial charge in [-0.2, -0.15) is 9.78 Å². The molecule has 0 saturated heterocycles. The van der Waals surface area contributed by atoms with Crippen molar-refractivity contribution < 1.29 is 19.0 Å². The van der Waals surface area contributed by atoms with Crippen LogP contribution in [0.1, 0.15) is 36.8 Å². The van der Waals surface area contributed by atoms with E-state index in [4.69, 9.17) is 14.2 Å². The number of nitrogens with one attached hydrogen (secondary N) is 1. The molecule has 0 aliphatic heterocycles. The standard InChI is InChI=1S/C22H26N4O4/c1-22(2,3)18-13-20(26(25-18)19-9-7-8-10-23-19)24-21(27)14-11-16(29-5)17(30-6)12-15(14)28-4/h7-13H,1-6H3,(H,24,27). The SMILES string of the molecule is COc1cc(OC)c(C(=O)Nc2cc(C(C)(C)C)nn2-c2ccccn2)cc1OC. The highest BCUT2D eigenvalue weighted by atomic mass is 16.5. The van der Waals surface area contributed by atoms with Crippen molar-refractivity contribution in [1.82, 2.24) is 14.8 Å². The Hall–Kier alpha value is -3.55. The molecule has 1 N–H and O–H groups in total. The van der Waals surface area contributed by atoms with E-state index in [9.17, 15) is 4.79 Å². The second-order valence-electron chi connectivity index (χ2n) is 7.63.